The molecule has 162 valence electrons. The van der Waals surface area contributed by atoms with Crippen LogP contribution in [-0.2, 0) is 9.59 Å². The van der Waals surface area contributed by atoms with Crippen LogP contribution in [0.25, 0.3) is 6.08 Å². The van der Waals surface area contributed by atoms with Crippen LogP contribution < -0.4 is 9.75 Å². The number of anilines is 1. The van der Waals surface area contributed by atoms with Crippen molar-refractivity contribution in [3.05, 3.63) is 59.5 Å². The van der Waals surface area contributed by atoms with Crippen LogP contribution in [0, 0.1) is 36.2 Å². The number of esters is 1. The predicted molar refractivity (Wildman–Crippen MR) is 118 cm³/mol. The number of carbonyl (C=O) groups is 2. The highest BCUT2D eigenvalue weighted by Gasteiger charge is 2.37. The topological polar surface area (TPSA) is 59.0 Å². The first-order valence-corrected chi connectivity index (χ1v) is 10.4. The van der Waals surface area contributed by atoms with Gasteiger partial charge >= 0.3 is 5.97 Å². The molecule has 2 aromatic rings. The minimum atomic E-state index is -2.35. The van der Waals surface area contributed by atoms with Gasteiger partial charge in [0.1, 0.15) is 5.69 Å². The first kappa shape index (κ1) is 23.6. The van der Waals surface area contributed by atoms with Crippen LogP contribution in [-0.4, -0.2) is 17.6 Å². The van der Waals surface area contributed by atoms with Crippen LogP contribution in [0.15, 0.2) is 22.8 Å². The maximum absolute atomic E-state index is 14.2. The Labute approximate surface area is 199 Å². The van der Waals surface area contributed by atoms with E-state index in [0.29, 0.717) is 3.57 Å². The fraction of sp³-hybridized carbons (Fsp3) is 0.105. The number of ether oxygens (including phenoxy) is 1. The summed E-state index contributed by atoms with van der Waals surface area (Å²) in [4.78, 5) is 24.2. The highest BCUT2D eigenvalue weighted by atomic mass is 127. The molecule has 31 heavy (non-hydrogen) atoms. The second-order valence-corrected chi connectivity index (χ2v) is 8.59. The van der Waals surface area contributed by atoms with Gasteiger partial charge in [-0.2, -0.15) is 10.1 Å². The maximum atomic E-state index is 14.2. The Morgan fingerprint density at radius 1 is 1.03 bits per heavy atom. The maximum Gasteiger partial charge on any atom is 0.308 e. The second-order valence-electron chi connectivity index (χ2n) is 6.18. The SMILES string of the molecule is CC(=O)Oc1c(I)cc(I)cc1/C=C1\C(=O)N(c2c(F)c(F)c(F)c(F)c2F)N=C1C. The van der Waals surface area contributed by atoms with Crippen LogP contribution in [0.5, 0.6) is 5.75 Å². The molecule has 0 spiro atoms. The van der Waals surface area contributed by atoms with Crippen molar-refractivity contribution >= 4 is 74.5 Å². The molecule has 0 saturated carbocycles. The Kier molecular flexibility index (Phi) is 6.69. The van der Waals surface area contributed by atoms with E-state index in [2.05, 4.69) is 5.10 Å². The molecule has 0 unspecified atom stereocenters. The van der Waals surface area contributed by atoms with Crippen molar-refractivity contribution in [1.29, 1.82) is 0 Å². The average Bonchev–Trinajstić information content (AvgIpc) is 2.95. The fourth-order valence-electron chi connectivity index (χ4n) is 2.71. The molecule has 0 bridgehead atoms. The van der Waals surface area contributed by atoms with Crippen LogP contribution in [0.4, 0.5) is 27.6 Å². The highest BCUT2D eigenvalue weighted by molar-refractivity contribution is 14.1. The Hall–Kier alpha value is -2.10. The summed E-state index contributed by atoms with van der Waals surface area (Å²) in [7, 11) is 0. The molecule has 3 rings (SSSR count). The molecule has 0 saturated heterocycles. The lowest BCUT2D eigenvalue weighted by atomic mass is 10.1. The normalized spacial score (nSPS) is 15.0. The van der Waals surface area contributed by atoms with Gasteiger partial charge in [-0.1, -0.05) is 0 Å². The van der Waals surface area contributed by atoms with Crippen molar-refractivity contribution in [1.82, 2.24) is 0 Å². The zero-order chi connectivity index (χ0) is 23.2. The third kappa shape index (κ3) is 4.31. The van der Waals surface area contributed by atoms with Gasteiger partial charge in [0.05, 0.1) is 14.9 Å². The molecule has 0 atom stereocenters. The van der Waals surface area contributed by atoms with Crippen molar-refractivity contribution in [2.45, 2.75) is 13.8 Å². The molecule has 2 aromatic carbocycles. The number of halogens is 7. The molecule has 0 radical (unpaired) electrons. The zero-order valence-electron chi connectivity index (χ0n) is 15.5. The van der Waals surface area contributed by atoms with E-state index in [1.807, 2.05) is 45.2 Å². The molecule has 0 N–H and O–H groups in total. The first-order chi connectivity index (χ1) is 14.4. The molecule has 0 aliphatic carbocycles. The number of hydrogen-bond donors (Lipinski definition) is 0. The van der Waals surface area contributed by atoms with Crippen LogP contribution in [0.1, 0.15) is 19.4 Å². The molecule has 1 aliphatic heterocycles. The van der Waals surface area contributed by atoms with E-state index in [1.165, 1.54) is 19.9 Å². The van der Waals surface area contributed by atoms with Gasteiger partial charge < -0.3 is 4.74 Å². The van der Waals surface area contributed by atoms with Crippen molar-refractivity contribution in [2.75, 3.05) is 5.01 Å². The third-order valence-corrected chi connectivity index (χ3v) is 5.47. The Morgan fingerprint density at radius 2 is 1.58 bits per heavy atom. The summed E-state index contributed by atoms with van der Waals surface area (Å²) in [5.41, 5.74) is -1.43. The van der Waals surface area contributed by atoms with E-state index in [0.717, 1.165) is 3.57 Å². The molecule has 0 aromatic heterocycles. The third-order valence-electron chi connectivity index (χ3n) is 4.04. The monoisotopic (exact) mass is 662 g/mol. The molecule has 1 aliphatic rings. The Morgan fingerprint density at radius 3 is 2.13 bits per heavy atom. The van der Waals surface area contributed by atoms with Crippen molar-refractivity contribution < 1.29 is 36.3 Å². The van der Waals surface area contributed by atoms with E-state index in [9.17, 15) is 31.5 Å². The average molecular weight is 662 g/mol. The van der Waals surface area contributed by atoms with Crippen molar-refractivity contribution in [3.63, 3.8) is 0 Å². The zero-order valence-corrected chi connectivity index (χ0v) is 19.8. The van der Waals surface area contributed by atoms with Gasteiger partial charge in [-0.25, -0.2) is 22.0 Å². The number of nitrogens with zero attached hydrogens (tertiary/aromatic N) is 2. The van der Waals surface area contributed by atoms with E-state index < -0.39 is 46.6 Å². The van der Waals surface area contributed by atoms with Crippen LogP contribution in [0.2, 0.25) is 0 Å². The number of hydrogen-bond acceptors (Lipinski definition) is 4. The summed E-state index contributed by atoms with van der Waals surface area (Å²) < 4.78 is 75.2. The van der Waals surface area contributed by atoms with Gasteiger partial charge in [0.2, 0.25) is 5.82 Å². The molecule has 0 fully saturated rings. The first-order valence-electron chi connectivity index (χ1n) is 8.24. The second kappa shape index (κ2) is 8.80. The van der Waals surface area contributed by atoms with E-state index >= 15 is 0 Å². The summed E-state index contributed by atoms with van der Waals surface area (Å²) >= 11 is 3.91. The Bertz CT molecular complexity index is 1180. The largest absolute Gasteiger partial charge is 0.425 e. The lowest BCUT2D eigenvalue weighted by Gasteiger charge is -2.15. The summed E-state index contributed by atoms with van der Waals surface area (Å²) in [6, 6.07) is 3.29. The number of amides is 1. The van der Waals surface area contributed by atoms with Crippen molar-refractivity contribution in [3.8, 4) is 5.75 Å². The summed E-state index contributed by atoms with van der Waals surface area (Å²) in [5, 5.41) is 3.78. The number of hydrazone groups is 1. The van der Waals surface area contributed by atoms with Crippen LogP contribution >= 0.6 is 45.2 Å². The molecule has 1 amide bonds. The smallest absolute Gasteiger partial charge is 0.308 e. The minimum absolute atomic E-state index is 0.0448. The van der Waals surface area contributed by atoms with E-state index in [4.69, 9.17) is 4.74 Å². The summed E-state index contributed by atoms with van der Waals surface area (Å²) in [6.45, 7) is 2.50. The number of carbonyl (C=O) groups excluding carboxylic acids is 2. The molecular weight excluding hydrogens is 653 g/mol. The van der Waals surface area contributed by atoms with E-state index in [1.54, 1.807) is 12.1 Å². The fourth-order valence-corrected chi connectivity index (χ4v) is 4.71. The molecular formula is C19H9F5I2N2O3. The number of benzene rings is 2. The Balaban J connectivity index is 2.14. The lowest BCUT2D eigenvalue weighted by molar-refractivity contribution is -0.132. The van der Waals surface area contributed by atoms with Gasteiger partial charge in [0.25, 0.3) is 5.91 Å². The predicted octanol–water partition coefficient (Wildman–Crippen LogP) is 5.32. The minimum Gasteiger partial charge on any atom is -0.425 e. The standard InChI is InChI=1S/C19H9F5I2N2O3/c1-6-10(4-8-3-9(25)5-11(26)18(8)31-7(2)29)19(30)28(27-6)17-15(23)13(21)12(20)14(22)16(17)24/h3-5H,1-2H3/b10-4-. The molecule has 5 nitrogen and oxygen atoms in total. The highest BCUT2D eigenvalue weighted by Crippen LogP contribution is 2.35. The van der Waals surface area contributed by atoms with Gasteiger partial charge in [-0.15, -0.1) is 0 Å². The van der Waals surface area contributed by atoms with Gasteiger partial charge in [0.15, 0.2) is 29.0 Å². The lowest BCUT2D eigenvalue weighted by Crippen LogP contribution is -2.25. The molecule has 1 heterocycles. The van der Waals surface area contributed by atoms with Gasteiger partial charge in [-0.3, -0.25) is 9.59 Å². The summed E-state index contributed by atoms with van der Waals surface area (Å²) in [6.07, 6.45) is 1.26. The quantitative estimate of drug-likeness (QED) is 0.0851. The summed E-state index contributed by atoms with van der Waals surface area (Å²) in [5.74, 6) is -12.7. The van der Waals surface area contributed by atoms with Crippen LogP contribution in [0.3, 0.4) is 0 Å². The molecule has 12 heteroatoms. The van der Waals surface area contributed by atoms with Gasteiger partial charge in [0, 0.05) is 16.1 Å². The number of rotatable bonds is 3. The van der Waals surface area contributed by atoms with Crippen molar-refractivity contribution in [2.24, 2.45) is 5.10 Å². The van der Waals surface area contributed by atoms with E-state index in [-0.39, 0.29) is 27.6 Å². The van der Waals surface area contributed by atoms with Gasteiger partial charge in [-0.05, 0) is 70.3 Å².